The van der Waals surface area contributed by atoms with E-state index in [-0.39, 0.29) is 24.1 Å². The average molecular weight is 424 g/mol. The Morgan fingerprint density at radius 2 is 2.00 bits per heavy atom. The van der Waals surface area contributed by atoms with Crippen molar-refractivity contribution in [2.24, 2.45) is 0 Å². The van der Waals surface area contributed by atoms with Gasteiger partial charge in [-0.15, -0.1) is 5.10 Å². The van der Waals surface area contributed by atoms with Gasteiger partial charge in [0.1, 0.15) is 6.04 Å². The first-order valence-electron chi connectivity index (χ1n) is 9.60. The summed E-state index contributed by atoms with van der Waals surface area (Å²) in [5.74, 6) is -0.614. The second kappa shape index (κ2) is 9.13. The molecule has 0 bridgehead atoms. The maximum Gasteiger partial charge on any atom is 0.276 e. The van der Waals surface area contributed by atoms with E-state index in [2.05, 4.69) is 19.9 Å². The number of hydrogen-bond acceptors (Lipinski definition) is 6. The van der Waals surface area contributed by atoms with Crippen molar-refractivity contribution >= 4 is 23.3 Å². The van der Waals surface area contributed by atoms with Crippen LogP contribution in [0.25, 0.3) is 0 Å². The summed E-state index contributed by atoms with van der Waals surface area (Å²) in [6.07, 6.45) is 3.36. The van der Waals surface area contributed by atoms with E-state index in [1.165, 1.54) is 4.90 Å². The monoisotopic (exact) mass is 423 g/mol. The largest absolute Gasteiger partial charge is 0.349 e. The summed E-state index contributed by atoms with van der Waals surface area (Å²) in [6.45, 7) is 7.90. The third-order valence-corrected chi connectivity index (χ3v) is 4.84. The molecule has 1 atom stereocenters. The number of amides is 2. The van der Waals surface area contributed by atoms with E-state index < -0.39 is 11.6 Å². The van der Waals surface area contributed by atoms with E-state index in [0.29, 0.717) is 0 Å². The first kappa shape index (κ1) is 21.6. The Labute approximate surface area is 180 Å². The Balaban J connectivity index is 2.09. The summed E-state index contributed by atoms with van der Waals surface area (Å²) in [5, 5.41) is 8.55. The van der Waals surface area contributed by atoms with Crippen molar-refractivity contribution in [1.82, 2.24) is 24.8 Å². The molecular formula is C22H25N5O2S. The Morgan fingerprint density at radius 3 is 2.60 bits per heavy atom. The molecule has 0 saturated heterocycles. The van der Waals surface area contributed by atoms with Gasteiger partial charge in [-0.1, -0.05) is 40.4 Å². The quantitative estimate of drug-likeness (QED) is 0.655. The van der Waals surface area contributed by atoms with Crippen LogP contribution in [0.3, 0.4) is 0 Å². The molecule has 0 spiro atoms. The zero-order chi connectivity index (χ0) is 21.7. The highest BCUT2D eigenvalue weighted by Gasteiger charge is 2.34. The first-order chi connectivity index (χ1) is 14.2. The van der Waals surface area contributed by atoms with Crippen LogP contribution in [0.2, 0.25) is 0 Å². The molecule has 7 nitrogen and oxygen atoms in total. The lowest BCUT2D eigenvalue weighted by Crippen LogP contribution is -2.49. The number of pyridine rings is 1. The van der Waals surface area contributed by atoms with E-state index in [4.69, 9.17) is 0 Å². The number of aromatic nitrogens is 3. The predicted molar refractivity (Wildman–Crippen MR) is 116 cm³/mol. The molecule has 2 amide bonds. The Bertz CT molecular complexity index is 1000. The van der Waals surface area contributed by atoms with Gasteiger partial charge in [-0.2, -0.15) is 0 Å². The van der Waals surface area contributed by atoms with Gasteiger partial charge in [-0.05, 0) is 56.4 Å². The third kappa shape index (κ3) is 5.48. The summed E-state index contributed by atoms with van der Waals surface area (Å²) in [6, 6.07) is 10.5. The van der Waals surface area contributed by atoms with Gasteiger partial charge in [0.05, 0.1) is 0 Å². The topological polar surface area (TPSA) is 88.1 Å². The fraction of sp³-hybridized carbons (Fsp3) is 0.318. The zero-order valence-corrected chi connectivity index (χ0v) is 18.3. The second-order valence-electron chi connectivity index (χ2n) is 8.14. The van der Waals surface area contributed by atoms with Gasteiger partial charge in [-0.25, -0.2) is 0 Å². The number of rotatable bonds is 6. The SMILES string of the molecule is Cc1cccc([C@@H](C(=O)NC(C)(C)C)N(Cc2cccnc2)C(=O)c2csnn2)c1. The average Bonchev–Trinajstić information content (AvgIpc) is 3.21. The van der Waals surface area contributed by atoms with Crippen molar-refractivity contribution in [3.63, 3.8) is 0 Å². The zero-order valence-electron chi connectivity index (χ0n) is 17.5. The Hall–Kier alpha value is -3.13. The van der Waals surface area contributed by atoms with Crippen LogP contribution in [0.15, 0.2) is 54.2 Å². The first-order valence-corrected chi connectivity index (χ1v) is 10.4. The normalized spacial score (nSPS) is 12.3. The van der Waals surface area contributed by atoms with Crippen molar-refractivity contribution in [3.8, 4) is 0 Å². The number of carbonyl (C=O) groups excluding carboxylic acids is 2. The van der Waals surface area contributed by atoms with Gasteiger partial charge in [0.2, 0.25) is 5.91 Å². The standard InChI is InChI=1S/C22H25N5O2S/c1-15-7-5-9-17(11-15)19(20(28)24-22(2,3)4)27(13-16-8-6-10-23-12-16)21(29)18-14-30-26-25-18/h5-12,14,19H,13H2,1-4H3,(H,24,28)/t19-/m0/s1. The van der Waals surface area contributed by atoms with Gasteiger partial charge in [-0.3, -0.25) is 14.6 Å². The maximum atomic E-state index is 13.4. The van der Waals surface area contributed by atoms with E-state index in [9.17, 15) is 9.59 Å². The molecule has 0 fully saturated rings. The van der Waals surface area contributed by atoms with Crippen LogP contribution >= 0.6 is 11.5 Å². The number of nitrogens with one attached hydrogen (secondary N) is 1. The van der Waals surface area contributed by atoms with Crippen LogP contribution in [0.4, 0.5) is 0 Å². The fourth-order valence-corrected chi connectivity index (χ4v) is 3.55. The molecule has 0 aliphatic heterocycles. The van der Waals surface area contributed by atoms with E-state index in [0.717, 1.165) is 28.2 Å². The van der Waals surface area contributed by atoms with Crippen LogP contribution in [-0.2, 0) is 11.3 Å². The van der Waals surface area contributed by atoms with Crippen molar-refractivity contribution in [2.45, 2.75) is 45.8 Å². The molecule has 3 rings (SSSR count). The summed E-state index contributed by atoms with van der Waals surface area (Å²) in [5.41, 5.74) is 2.31. The molecule has 0 unspecified atom stereocenters. The molecule has 8 heteroatoms. The molecule has 3 aromatic rings. The molecule has 1 aromatic carbocycles. The lowest BCUT2D eigenvalue weighted by molar-refractivity contribution is -0.127. The lowest BCUT2D eigenvalue weighted by Gasteiger charge is -2.33. The Morgan fingerprint density at radius 1 is 1.20 bits per heavy atom. The highest BCUT2D eigenvalue weighted by Crippen LogP contribution is 2.27. The number of carbonyl (C=O) groups is 2. The summed E-state index contributed by atoms with van der Waals surface area (Å²) in [7, 11) is 0. The maximum absolute atomic E-state index is 13.4. The van der Waals surface area contributed by atoms with Crippen molar-refractivity contribution in [2.75, 3.05) is 0 Å². The number of hydrogen-bond donors (Lipinski definition) is 1. The molecule has 30 heavy (non-hydrogen) atoms. The summed E-state index contributed by atoms with van der Waals surface area (Å²) < 4.78 is 3.81. The molecule has 0 radical (unpaired) electrons. The highest BCUT2D eigenvalue weighted by molar-refractivity contribution is 7.03. The summed E-state index contributed by atoms with van der Waals surface area (Å²) >= 11 is 1.10. The fourth-order valence-electron chi connectivity index (χ4n) is 3.12. The van der Waals surface area contributed by atoms with Crippen LogP contribution in [0.5, 0.6) is 0 Å². The summed E-state index contributed by atoms with van der Waals surface area (Å²) in [4.78, 5) is 32.5. The van der Waals surface area contributed by atoms with E-state index in [1.54, 1.807) is 23.8 Å². The number of benzene rings is 1. The van der Waals surface area contributed by atoms with Crippen LogP contribution in [0, 0.1) is 6.92 Å². The van der Waals surface area contributed by atoms with Gasteiger partial charge in [0.15, 0.2) is 5.69 Å². The van der Waals surface area contributed by atoms with Gasteiger partial charge < -0.3 is 10.2 Å². The van der Waals surface area contributed by atoms with Crippen LogP contribution in [-0.4, -0.2) is 36.8 Å². The molecule has 0 saturated carbocycles. The minimum absolute atomic E-state index is 0.209. The second-order valence-corrected chi connectivity index (χ2v) is 8.75. The molecule has 0 aliphatic carbocycles. The minimum Gasteiger partial charge on any atom is -0.349 e. The minimum atomic E-state index is -0.835. The van der Waals surface area contributed by atoms with Crippen molar-refractivity contribution in [3.05, 3.63) is 76.6 Å². The molecular weight excluding hydrogens is 398 g/mol. The van der Waals surface area contributed by atoms with Gasteiger partial charge in [0, 0.05) is 29.9 Å². The molecule has 2 aromatic heterocycles. The van der Waals surface area contributed by atoms with Gasteiger partial charge >= 0.3 is 0 Å². The predicted octanol–water partition coefficient (Wildman–Crippen LogP) is 3.54. The van der Waals surface area contributed by atoms with Gasteiger partial charge in [0.25, 0.3) is 5.91 Å². The molecule has 2 heterocycles. The lowest BCUT2D eigenvalue weighted by atomic mass is 9.99. The third-order valence-electron chi connectivity index (χ3n) is 4.33. The number of nitrogens with zero attached hydrogens (tertiary/aromatic N) is 4. The Kier molecular flexibility index (Phi) is 6.56. The van der Waals surface area contributed by atoms with Crippen molar-refractivity contribution in [1.29, 1.82) is 0 Å². The molecule has 0 aliphatic rings. The molecule has 1 N–H and O–H groups in total. The number of aryl methyl sites for hydroxylation is 1. The van der Waals surface area contributed by atoms with Crippen LogP contribution < -0.4 is 5.32 Å². The van der Waals surface area contributed by atoms with E-state index in [1.807, 2.05) is 58.0 Å². The van der Waals surface area contributed by atoms with Crippen molar-refractivity contribution < 1.29 is 9.59 Å². The molecule has 156 valence electrons. The van der Waals surface area contributed by atoms with Crippen LogP contribution in [0.1, 0.15) is 54.0 Å². The van der Waals surface area contributed by atoms with E-state index >= 15 is 0 Å². The highest BCUT2D eigenvalue weighted by atomic mass is 32.1. The smallest absolute Gasteiger partial charge is 0.276 e.